The number of urea groups is 1. The summed E-state index contributed by atoms with van der Waals surface area (Å²) in [7, 11) is 0. The Morgan fingerprint density at radius 1 is 1.08 bits per heavy atom. The smallest absolute Gasteiger partial charge is 0.319 e. The molecule has 0 aromatic heterocycles. The van der Waals surface area contributed by atoms with E-state index in [0.717, 1.165) is 17.8 Å². The van der Waals surface area contributed by atoms with Crippen LogP contribution in [0, 0.1) is 11.6 Å². The molecule has 0 spiro atoms. The highest BCUT2D eigenvalue weighted by Crippen LogP contribution is 2.21. The van der Waals surface area contributed by atoms with Crippen molar-refractivity contribution in [1.82, 2.24) is 5.32 Å². The molecule has 0 saturated carbocycles. The number of benzene rings is 2. The Morgan fingerprint density at radius 2 is 1.75 bits per heavy atom. The van der Waals surface area contributed by atoms with E-state index in [1.165, 1.54) is 0 Å². The molecule has 1 aliphatic heterocycles. The predicted octanol–water partition coefficient (Wildman–Crippen LogP) is 2.89. The number of nitrogens with zero attached hydrogens (tertiary/aromatic N) is 1. The molecule has 124 valence electrons. The fourth-order valence-electron chi connectivity index (χ4n) is 2.63. The molecule has 1 fully saturated rings. The van der Waals surface area contributed by atoms with Crippen molar-refractivity contribution in [1.29, 1.82) is 0 Å². The van der Waals surface area contributed by atoms with E-state index in [1.807, 2.05) is 30.3 Å². The van der Waals surface area contributed by atoms with Crippen molar-refractivity contribution in [3.63, 3.8) is 0 Å². The molecule has 5 nitrogen and oxygen atoms in total. The van der Waals surface area contributed by atoms with Gasteiger partial charge in [-0.25, -0.2) is 13.6 Å². The second-order valence-electron chi connectivity index (χ2n) is 5.42. The molecule has 3 amide bonds. The van der Waals surface area contributed by atoms with Crippen molar-refractivity contribution in [2.75, 3.05) is 16.8 Å². The van der Waals surface area contributed by atoms with Crippen molar-refractivity contribution in [2.45, 2.75) is 12.5 Å². The first kappa shape index (κ1) is 15.9. The molecule has 1 saturated heterocycles. The number of carbonyl (C=O) groups is 2. The normalized spacial score (nSPS) is 17.0. The molecular weight excluding hydrogens is 316 g/mol. The van der Waals surface area contributed by atoms with Crippen LogP contribution in [0.2, 0.25) is 0 Å². The summed E-state index contributed by atoms with van der Waals surface area (Å²) in [6, 6.07) is 10.5. The Labute approximate surface area is 137 Å². The molecule has 2 aromatic carbocycles. The molecule has 0 bridgehead atoms. The minimum absolute atomic E-state index is 0.0182. The van der Waals surface area contributed by atoms with E-state index in [0.29, 0.717) is 19.0 Å². The summed E-state index contributed by atoms with van der Waals surface area (Å²) in [6.07, 6.45) is 0.457. The maximum atomic E-state index is 13.1. The maximum absolute atomic E-state index is 13.1. The van der Waals surface area contributed by atoms with Gasteiger partial charge in [0.2, 0.25) is 5.91 Å². The molecule has 0 radical (unpaired) electrons. The van der Waals surface area contributed by atoms with Crippen LogP contribution < -0.4 is 15.5 Å². The Balaban J connectivity index is 1.62. The summed E-state index contributed by atoms with van der Waals surface area (Å²) in [6.45, 7) is 0.488. The van der Waals surface area contributed by atoms with Crippen LogP contribution in [-0.4, -0.2) is 24.5 Å². The van der Waals surface area contributed by atoms with Gasteiger partial charge in [0.15, 0.2) is 0 Å². The van der Waals surface area contributed by atoms with Crippen LogP contribution in [0.4, 0.5) is 25.0 Å². The van der Waals surface area contributed by atoms with E-state index < -0.39 is 23.7 Å². The molecule has 0 aliphatic carbocycles. The van der Waals surface area contributed by atoms with E-state index in [4.69, 9.17) is 0 Å². The first-order chi connectivity index (χ1) is 11.5. The van der Waals surface area contributed by atoms with E-state index in [1.54, 1.807) is 4.90 Å². The molecule has 24 heavy (non-hydrogen) atoms. The quantitative estimate of drug-likeness (QED) is 0.908. The molecule has 2 N–H and O–H groups in total. The van der Waals surface area contributed by atoms with E-state index in [9.17, 15) is 18.4 Å². The second-order valence-corrected chi connectivity index (χ2v) is 5.42. The average Bonchev–Trinajstić information content (AvgIpc) is 2.88. The number of halogens is 2. The number of hydrogen-bond acceptors (Lipinski definition) is 2. The zero-order valence-electron chi connectivity index (χ0n) is 12.6. The standard InChI is InChI=1S/C17H15F2N3O2/c18-11-8-12(19)10-13(9-11)20-17(24)21-15-6-7-22(16(15)23)14-4-2-1-3-5-14/h1-5,8-10,15H,6-7H2,(H2,20,21,24). The Bertz CT molecular complexity index is 747. The van der Waals surface area contributed by atoms with E-state index in [2.05, 4.69) is 10.6 Å². The van der Waals surface area contributed by atoms with Gasteiger partial charge in [-0.1, -0.05) is 18.2 Å². The first-order valence-electron chi connectivity index (χ1n) is 7.43. The highest BCUT2D eigenvalue weighted by Gasteiger charge is 2.33. The highest BCUT2D eigenvalue weighted by molar-refractivity contribution is 6.02. The topological polar surface area (TPSA) is 61.4 Å². The lowest BCUT2D eigenvalue weighted by Crippen LogP contribution is -2.43. The number of anilines is 2. The van der Waals surface area contributed by atoms with Crippen LogP contribution in [0.3, 0.4) is 0 Å². The number of rotatable bonds is 3. The van der Waals surface area contributed by atoms with Gasteiger partial charge in [0, 0.05) is 24.0 Å². The minimum atomic E-state index is -0.794. The Morgan fingerprint density at radius 3 is 2.42 bits per heavy atom. The van der Waals surface area contributed by atoms with Crippen LogP contribution in [0.1, 0.15) is 6.42 Å². The summed E-state index contributed by atoms with van der Waals surface area (Å²) >= 11 is 0. The van der Waals surface area contributed by atoms with Crippen molar-refractivity contribution < 1.29 is 18.4 Å². The Kier molecular flexibility index (Phi) is 4.41. The van der Waals surface area contributed by atoms with Gasteiger partial charge >= 0.3 is 6.03 Å². The van der Waals surface area contributed by atoms with Gasteiger partial charge in [-0.15, -0.1) is 0 Å². The van der Waals surface area contributed by atoms with Crippen LogP contribution in [0.15, 0.2) is 48.5 Å². The van der Waals surface area contributed by atoms with Crippen LogP contribution >= 0.6 is 0 Å². The largest absolute Gasteiger partial charge is 0.326 e. The van der Waals surface area contributed by atoms with E-state index in [-0.39, 0.29) is 11.6 Å². The van der Waals surface area contributed by atoms with Gasteiger partial charge in [0.05, 0.1) is 0 Å². The van der Waals surface area contributed by atoms with Gasteiger partial charge in [0.25, 0.3) is 0 Å². The molecule has 1 atom stereocenters. The second kappa shape index (κ2) is 6.66. The summed E-state index contributed by atoms with van der Waals surface area (Å²) in [4.78, 5) is 25.9. The van der Waals surface area contributed by atoms with Crippen LogP contribution in [0.25, 0.3) is 0 Å². The van der Waals surface area contributed by atoms with Crippen molar-refractivity contribution in [3.05, 3.63) is 60.2 Å². The monoisotopic (exact) mass is 331 g/mol. The zero-order chi connectivity index (χ0) is 17.1. The van der Waals surface area contributed by atoms with Gasteiger partial charge in [-0.3, -0.25) is 4.79 Å². The average molecular weight is 331 g/mol. The molecule has 1 unspecified atom stereocenters. The molecule has 3 rings (SSSR count). The fourth-order valence-corrected chi connectivity index (χ4v) is 2.63. The Hall–Kier alpha value is -2.96. The SMILES string of the molecule is O=C(Nc1cc(F)cc(F)c1)NC1CCN(c2ccccc2)C1=O. The van der Waals surface area contributed by atoms with Gasteiger partial charge in [0.1, 0.15) is 17.7 Å². The van der Waals surface area contributed by atoms with E-state index >= 15 is 0 Å². The van der Waals surface area contributed by atoms with Crippen LogP contribution in [0.5, 0.6) is 0 Å². The fraction of sp³-hybridized carbons (Fsp3) is 0.176. The van der Waals surface area contributed by atoms with Gasteiger partial charge < -0.3 is 15.5 Å². The lowest BCUT2D eigenvalue weighted by Gasteiger charge is -2.17. The lowest BCUT2D eigenvalue weighted by atomic mass is 10.2. The summed E-state index contributed by atoms with van der Waals surface area (Å²) in [5.41, 5.74) is 0.745. The minimum Gasteiger partial charge on any atom is -0.326 e. The van der Waals surface area contributed by atoms with Gasteiger partial charge in [-0.2, -0.15) is 0 Å². The van der Waals surface area contributed by atoms with Crippen molar-refractivity contribution >= 4 is 23.3 Å². The number of nitrogens with one attached hydrogen (secondary N) is 2. The van der Waals surface area contributed by atoms with Gasteiger partial charge in [-0.05, 0) is 30.7 Å². The molecule has 1 aliphatic rings. The number of hydrogen-bond donors (Lipinski definition) is 2. The molecule has 7 heteroatoms. The third-order valence-corrected chi connectivity index (χ3v) is 3.70. The van der Waals surface area contributed by atoms with Crippen molar-refractivity contribution in [2.24, 2.45) is 0 Å². The number of carbonyl (C=O) groups excluding carboxylic acids is 2. The predicted molar refractivity (Wildman–Crippen MR) is 85.7 cm³/mol. The third-order valence-electron chi connectivity index (χ3n) is 3.70. The number of amides is 3. The maximum Gasteiger partial charge on any atom is 0.319 e. The molecule has 2 aromatic rings. The number of para-hydroxylation sites is 1. The summed E-state index contributed by atoms with van der Waals surface area (Å²) in [5, 5.41) is 4.85. The highest BCUT2D eigenvalue weighted by atomic mass is 19.1. The third kappa shape index (κ3) is 3.51. The lowest BCUT2D eigenvalue weighted by molar-refractivity contribution is -0.118. The molecular formula is C17H15F2N3O2. The zero-order valence-corrected chi connectivity index (χ0v) is 12.6. The summed E-state index contributed by atoms with van der Waals surface area (Å²) in [5.74, 6) is -1.81. The van der Waals surface area contributed by atoms with Crippen LogP contribution in [-0.2, 0) is 4.79 Å². The van der Waals surface area contributed by atoms with Crippen molar-refractivity contribution in [3.8, 4) is 0 Å². The summed E-state index contributed by atoms with van der Waals surface area (Å²) < 4.78 is 26.2. The molecule has 1 heterocycles. The first-order valence-corrected chi connectivity index (χ1v) is 7.43.